The summed E-state index contributed by atoms with van der Waals surface area (Å²) in [5.74, 6) is 0.284. The van der Waals surface area contributed by atoms with Crippen LogP contribution >= 0.6 is 11.6 Å². The van der Waals surface area contributed by atoms with Crippen molar-refractivity contribution in [2.24, 2.45) is 5.92 Å². The van der Waals surface area contributed by atoms with Crippen molar-refractivity contribution in [3.05, 3.63) is 58.6 Å². The second-order valence-electron chi connectivity index (χ2n) is 7.12. The molecule has 144 valence electrons. The molecule has 0 bridgehead atoms. The van der Waals surface area contributed by atoms with Crippen LogP contribution in [0.2, 0.25) is 5.02 Å². The number of anilines is 1. The average Bonchev–Trinajstić information content (AvgIpc) is 2.63. The fraction of sp³-hybridized carbons (Fsp3) is 0.350. The average molecular weight is 407 g/mol. The first-order valence-corrected chi connectivity index (χ1v) is 10.8. The second-order valence-corrected chi connectivity index (χ2v) is 9.17. The van der Waals surface area contributed by atoms with E-state index in [1.165, 1.54) is 12.1 Å². The zero-order valence-electron chi connectivity index (χ0n) is 15.4. The van der Waals surface area contributed by atoms with Crippen LogP contribution in [0.3, 0.4) is 0 Å². The fourth-order valence-electron chi connectivity index (χ4n) is 3.23. The maximum atomic E-state index is 12.8. The van der Waals surface area contributed by atoms with Gasteiger partial charge in [0.1, 0.15) is 4.90 Å². The number of carbonyl (C=O) groups is 1. The molecule has 0 unspecified atom stereocenters. The topological polar surface area (TPSA) is 66.5 Å². The van der Waals surface area contributed by atoms with Gasteiger partial charge in [0.15, 0.2) is 0 Å². The van der Waals surface area contributed by atoms with Crippen molar-refractivity contribution in [1.29, 1.82) is 0 Å². The number of carbonyl (C=O) groups excluding carboxylic acids is 1. The van der Waals surface area contributed by atoms with Gasteiger partial charge in [0.25, 0.3) is 15.9 Å². The molecule has 5 nitrogen and oxygen atoms in total. The van der Waals surface area contributed by atoms with Crippen molar-refractivity contribution < 1.29 is 13.2 Å². The molecule has 1 heterocycles. The van der Waals surface area contributed by atoms with Crippen LogP contribution in [-0.2, 0) is 10.0 Å². The predicted octanol–water partition coefficient (Wildman–Crippen LogP) is 4.32. The van der Waals surface area contributed by atoms with Gasteiger partial charge in [0.05, 0.1) is 5.02 Å². The maximum Gasteiger partial charge on any atom is 0.263 e. The second kappa shape index (κ2) is 7.90. The summed E-state index contributed by atoms with van der Waals surface area (Å²) in [7, 11) is -3.91. The lowest BCUT2D eigenvalue weighted by Crippen LogP contribution is -2.39. The highest BCUT2D eigenvalue weighted by atomic mass is 35.5. The molecule has 1 saturated heterocycles. The van der Waals surface area contributed by atoms with E-state index in [-0.39, 0.29) is 15.8 Å². The van der Waals surface area contributed by atoms with Crippen molar-refractivity contribution in [1.82, 2.24) is 4.90 Å². The first-order valence-electron chi connectivity index (χ1n) is 8.94. The molecule has 0 aliphatic carbocycles. The van der Waals surface area contributed by atoms with Crippen LogP contribution in [0, 0.1) is 12.8 Å². The van der Waals surface area contributed by atoms with E-state index in [9.17, 15) is 13.2 Å². The molecule has 0 radical (unpaired) electrons. The molecule has 1 atom stereocenters. The third-order valence-electron chi connectivity index (χ3n) is 4.72. The van der Waals surface area contributed by atoms with E-state index < -0.39 is 10.0 Å². The Morgan fingerprint density at radius 1 is 1.19 bits per heavy atom. The van der Waals surface area contributed by atoms with E-state index in [0.717, 1.165) is 18.4 Å². The van der Waals surface area contributed by atoms with E-state index in [1.807, 2.05) is 19.1 Å². The van der Waals surface area contributed by atoms with Gasteiger partial charge in [-0.2, -0.15) is 0 Å². The van der Waals surface area contributed by atoms with Gasteiger partial charge < -0.3 is 4.90 Å². The quantitative estimate of drug-likeness (QED) is 0.822. The first-order chi connectivity index (χ1) is 12.8. The molecular weight excluding hydrogens is 384 g/mol. The summed E-state index contributed by atoms with van der Waals surface area (Å²) < 4.78 is 28.1. The molecule has 1 amide bonds. The maximum absolute atomic E-state index is 12.8. The van der Waals surface area contributed by atoms with Crippen LogP contribution in [0.1, 0.15) is 35.7 Å². The van der Waals surface area contributed by atoms with Crippen LogP contribution < -0.4 is 4.72 Å². The Morgan fingerprint density at radius 2 is 1.89 bits per heavy atom. The van der Waals surface area contributed by atoms with E-state index in [2.05, 4.69) is 11.6 Å². The number of hydrogen-bond acceptors (Lipinski definition) is 3. The molecule has 3 rings (SSSR count). The molecule has 7 heteroatoms. The lowest BCUT2D eigenvalue weighted by atomic mass is 9.99. The van der Waals surface area contributed by atoms with Gasteiger partial charge in [0.2, 0.25) is 0 Å². The zero-order chi connectivity index (χ0) is 19.6. The molecule has 0 spiro atoms. The predicted molar refractivity (Wildman–Crippen MR) is 108 cm³/mol. The number of piperidine rings is 1. The van der Waals surface area contributed by atoms with Crippen LogP contribution in [0.25, 0.3) is 0 Å². The van der Waals surface area contributed by atoms with Gasteiger partial charge in [-0.1, -0.05) is 36.2 Å². The van der Waals surface area contributed by atoms with Crippen LogP contribution in [0.15, 0.2) is 47.4 Å². The van der Waals surface area contributed by atoms with Crippen molar-refractivity contribution >= 4 is 33.2 Å². The Kier molecular flexibility index (Phi) is 5.77. The van der Waals surface area contributed by atoms with Crippen molar-refractivity contribution in [2.75, 3.05) is 17.8 Å². The highest BCUT2D eigenvalue weighted by Crippen LogP contribution is 2.26. The lowest BCUT2D eigenvalue weighted by Gasteiger charge is -2.31. The smallest absolute Gasteiger partial charge is 0.263 e. The van der Waals surface area contributed by atoms with Crippen LogP contribution in [-0.4, -0.2) is 32.3 Å². The fourth-order valence-corrected chi connectivity index (χ4v) is 4.82. The molecule has 27 heavy (non-hydrogen) atoms. The van der Waals surface area contributed by atoms with Crippen molar-refractivity contribution in [2.45, 2.75) is 31.6 Å². The summed E-state index contributed by atoms with van der Waals surface area (Å²) >= 11 is 6.14. The Bertz CT molecular complexity index is 942. The number of nitrogens with one attached hydrogen (secondary N) is 1. The highest BCUT2D eigenvalue weighted by molar-refractivity contribution is 7.92. The van der Waals surface area contributed by atoms with E-state index in [1.54, 1.807) is 23.1 Å². The number of benzene rings is 2. The Morgan fingerprint density at radius 3 is 2.56 bits per heavy atom. The van der Waals surface area contributed by atoms with E-state index in [4.69, 9.17) is 11.6 Å². The van der Waals surface area contributed by atoms with Crippen molar-refractivity contribution in [3.63, 3.8) is 0 Å². The molecule has 2 aromatic rings. The summed E-state index contributed by atoms with van der Waals surface area (Å²) in [4.78, 5) is 14.5. The summed E-state index contributed by atoms with van der Waals surface area (Å²) in [5.41, 5.74) is 1.80. The Hall–Kier alpha value is -2.05. The molecule has 0 saturated carbocycles. The third-order valence-corrected chi connectivity index (χ3v) is 6.58. The lowest BCUT2D eigenvalue weighted by molar-refractivity contribution is 0.0683. The number of likely N-dealkylation sites (tertiary alicyclic amines) is 1. The molecule has 1 aliphatic heterocycles. The van der Waals surface area contributed by atoms with Crippen molar-refractivity contribution in [3.8, 4) is 0 Å². The third kappa shape index (κ3) is 4.62. The van der Waals surface area contributed by atoms with Gasteiger partial charge in [-0.3, -0.25) is 9.52 Å². The van der Waals surface area contributed by atoms with Gasteiger partial charge in [0, 0.05) is 24.3 Å². The minimum absolute atomic E-state index is 0.0816. The summed E-state index contributed by atoms with van der Waals surface area (Å²) in [6.07, 6.45) is 2.06. The SMILES string of the molecule is Cc1ccc(NS(=O)(=O)c2cc(C(=O)N3CCC[C@@H](C)C3)ccc2Cl)cc1. The van der Waals surface area contributed by atoms with Gasteiger partial charge in [-0.25, -0.2) is 8.42 Å². The minimum Gasteiger partial charge on any atom is -0.338 e. The number of nitrogens with zero attached hydrogens (tertiary/aromatic N) is 1. The number of aryl methyl sites for hydroxylation is 1. The number of hydrogen-bond donors (Lipinski definition) is 1. The summed E-state index contributed by atoms with van der Waals surface area (Å²) in [6, 6.07) is 11.4. The highest BCUT2D eigenvalue weighted by Gasteiger charge is 2.25. The molecule has 1 N–H and O–H groups in total. The number of sulfonamides is 1. The Balaban J connectivity index is 1.88. The monoisotopic (exact) mass is 406 g/mol. The zero-order valence-corrected chi connectivity index (χ0v) is 17.0. The van der Waals surface area contributed by atoms with Crippen LogP contribution in [0.4, 0.5) is 5.69 Å². The molecule has 1 fully saturated rings. The number of amides is 1. The van der Waals surface area contributed by atoms with Gasteiger partial charge in [-0.15, -0.1) is 0 Å². The van der Waals surface area contributed by atoms with Gasteiger partial charge >= 0.3 is 0 Å². The summed E-state index contributed by atoms with van der Waals surface area (Å²) in [5, 5.41) is 0.0816. The minimum atomic E-state index is -3.91. The van der Waals surface area contributed by atoms with E-state index >= 15 is 0 Å². The summed E-state index contributed by atoms with van der Waals surface area (Å²) in [6.45, 7) is 5.41. The largest absolute Gasteiger partial charge is 0.338 e. The standard InChI is InChI=1S/C20H23ClN2O3S/c1-14-5-8-17(9-6-14)22-27(25,26)19-12-16(7-10-18(19)21)20(24)23-11-3-4-15(2)13-23/h5-10,12,15,22H,3-4,11,13H2,1-2H3/t15-/m1/s1. The van der Waals surface area contributed by atoms with Crippen LogP contribution in [0.5, 0.6) is 0 Å². The molecular formula is C20H23ClN2O3S. The Labute approximate surface area is 165 Å². The molecule has 1 aliphatic rings. The van der Waals surface area contributed by atoms with E-state index in [0.29, 0.717) is 30.3 Å². The van der Waals surface area contributed by atoms with Gasteiger partial charge in [-0.05, 0) is 56.0 Å². The normalized spacial score (nSPS) is 17.6. The molecule has 0 aromatic heterocycles. The first kappa shape index (κ1) is 19.7. The molecule has 2 aromatic carbocycles. The number of rotatable bonds is 4. The number of halogens is 1.